The van der Waals surface area contributed by atoms with Crippen LogP contribution in [-0.4, -0.2) is 36.3 Å². The van der Waals surface area contributed by atoms with Gasteiger partial charge in [-0.3, -0.25) is 14.5 Å². The molecule has 0 aromatic heterocycles. The number of rotatable bonds is 6. The Labute approximate surface area is 168 Å². The zero-order chi connectivity index (χ0) is 21.0. The maximum atomic E-state index is 12.7. The van der Waals surface area contributed by atoms with Gasteiger partial charge in [-0.15, -0.1) is 0 Å². The standard InChI is InChI=1S/C23H31N3O2/c1-14-11-16(3)22(17(4)12-14)25-23(28)19(6)26(7)13-21(27)24-20-10-8-9-15(2)18(20)5/h8-12,19H,13H2,1-7H3,(H,24,27)(H,25,28)/t19-/m0/s1. The first-order chi connectivity index (χ1) is 13.1. The van der Waals surface area contributed by atoms with Crippen molar-refractivity contribution in [3.05, 3.63) is 58.1 Å². The molecule has 2 amide bonds. The highest BCUT2D eigenvalue weighted by Gasteiger charge is 2.21. The first-order valence-corrected chi connectivity index (χ1v) is 9.55. The second-order valence-electron chi connectivity index (χ2n) is 7.65. The highest BCUT2D eigenvalue weighted by atomic mass is 16.2. The Bertz CT molecular complexity index is 866. The molecule has 0 fully saturated rings. The number of hydrogen-bond acceptors (Lipinski definition) is 3. The number of likely N-dealkylation sites (N-methyl/N-ethyl adjacent to an activating group) is 1. The maximum Gasteiger partial charge on any atom is 0.241 e. The summed E-state index contributed by atoms with van der Waals surface area (Å²) in [5.41, 5.74) is 7.07. The van der Waals surface area contributed by atoms with Gasteiger partial charge in [0.25, 0.3) is 0 Å². The van der Waals surface area contributed by atoms with E-state index in [4.69, 9.17) is 0 Å². The van der Waals surface area contributed by atoms with Gasteiger partial charge in [-0.1, -0.05) is 29.8 Å². The van der Waals surface area contributed by atoms with Gasteiger partial charge in [0.05, 0.1) is 12.6 Å². The highest BCUT2D eigenvalue weighted by Crippen LogP contribution is 2.22. The number of carbonyl (C=O) groups is 2. The van der Waals surface area contributed by atoms with Crippen molar-refractivity contribution in [2.45, 2.75) is 47.6 Å². The molecule has 0 saturated carbocycles. The number of amides is 2. The first-order valence-electron chi connectivity index (χ1n) is 9.55. The molecule has 2 rings (SSSR count). The fraction of sp³-hybridized carbons (Fsp3) is 0.391. The van der Waals surface area contributed by atoms with E-state index in [1.807, 2.05) is 52.8 Å². The second-order valence-corrected chi connectivity index (χ2v) is 7.65. The van der Waals surface area contributed by atoms with Crippen LogP contribution in [0.15, 0.2) is 30.3 Å². The summed E-state index contributed by atoms with van der Waals surface area (Å²) >= 11 is 0. The summed E-state index contributed by atoms with van der Waals surface area (Å²) in [6.45, 7) is 11.9. The SMILES string of the molecule is Cc1cc(C)c(NC(=O)[C@H](C)N(C)CC(=O)Nc2cccc(C)c2C)c(C)c1. The van der Waals surface area contributed by atoms with Gasteiger partial charge in [0.2, 0.25) is 11.8 Å². The lowest BCUT2D eigenvalue weighted by Crippen LogP contribution is -2.43. The van der Waals surface area contributed by atoms with Gasteiger partial charge in [-0.2, -0.15) is 0 Å². The van der Waals surface area contributed by atoms with E-state index in [1.165, 1.54) is 5.56 Å². The third-order valence-electron chi connectivity index (χ3n) is 5.24. The number of carbonyl (C=O) groups excluding carboxylic acids is 2. The van der Waals surface area contributed by atoms with E-state index in [1.54, 1.807) is 18.9 Å². The number of anilines is 2. The van der Waals surface area contributed by atoms with E-state index < -0.39 is 6.04 Å². The quantitative estimate of drug-likeness (QED) is 0.791. The number of nitrogens with zero attached hydrogens (tertiary/aromatic N) is 1. The Balaban J connectivity index is 2.00. The molecule has 2 N–H and O–H groups in total. The van der Waals surface area contributed by atoms with Gasteiger partial charge in [-0.25, -0.2) is 0 Å². The minimum Gasteiger partial charge on any atom is -0.325 e. The summed E-state index contributed by atoms with van der Waals surface area (Å²) in [5.74, 6) is -0.268. The van der Waals surface area contributed by atoms with Crippen LogP contribution >= 0.6 is 0 Å². The zero-order valence-corrected chi connectivity index (χ0v) is 17.9. The summed E-state index contributed by atoms with van der Waals surface area (Å²) in [4.78, 5) is 26.9. The molecule has 5 heteroatoms. The van der Waals surface area contributed by atoms with Gasteiger partial charge in [0.1, 0.15) is 0 Å². The highest BCUT2D eigenvalue weighted by molar-refractivity contribution is 5.97. The summed E-state index contributed by atoms with van der Waals surface area (Å²) in [7, 11) is 1.78. The third kappa shape index (κ3) is 5.20. The van der Waals surface area contributed by atoms with Crippen molar-refractivity contribution in [2.75, 3.05) is 24.2 Å². The molecule has 0 saturated heterocycles. The molecule has 5 nitrogen and oxygen atoms in total. The van der Waals surface area contributed by atoms with Crippen molar-refractivity contribution in [1.29, 1.82) is 0 Å². The smallest absolute Gasteiger partial charge is 0.241 e. The molecule has 150 valence electrons. The van der Waals surface area contributed by atoms with Crippen molar-refractivity contribution < 1.29 is 9.59 Å². The third-order valence-corrected chi connectivity index (χ3v) is 5.24. The second kappa shape index (κ2) is 9.02. The van der Waals surface area contributed by atoms with Gasteiger partial charge in [0, 0.05) is 11.4 Å². The van der Waals surface area contributed by atoms with Crippen LogP contribution in [0.4, 0.5) is 11.4 Å². The van der Waals surface area contributed by atoms with Gasteiger partial charge >= 0.3 is 0 Å². The van der Waals surface area contributed by atoms with Crippen LogP contribution in [0.2, 0.25) is 0 Å². The predicted molar refractivity (Wildman–Crippen MR) is 116 cm³/mol. The van der Waals surface area contributed by atoms with E-state index in [9.17, 15) is 9.59 Å². The molecule has 2 aromatic rings. The maximum absolute atomic E-state index is 12.7. The Morgan fingerprint density at radius 1 is 0.964 bits per heavy atom. The number of benzene rings is 2. The van der Waals surface area contributed by atoms with Crippen LogP contribution in [0, 0.1) is 34.6 Å². The number of hydrogen-bond donors (Lipinski definition) is 2. The summed E-state index contributed by atoms with van der Waals surface area (Å²) < 4.78 is 0. The average molecular weight is 382 g/mol. The van der Waals surface area contributed by atoms with Crippen molar-refractivity contribution in [3.63, 3.8) is 0 Å². The van der Waals surface area contributed by atoms with Crippen LogP contribution in [0.5, 0.6) is 0 Å². The van der Waals surface area contributed by atoms with Crippen LogP contribution < -0.4 is 10.6 Å². The monoisotopic (exact) mass is 381 g/mol. The predicted octanol–water partition coefficient (Wildman–Crippen LogP) is 4.13. The molecule has 1 atom stereocenters. The molecule has 0 aliphatic rings. The van der Waals surface area contributed by atoms with E-state index in [-0.39, 0.29) is 18.4 Å². The van der Waals surface area contributed by atoms with Crippen molar-refractivity contribution in [2.24, 2.45) is 0 Å². The van der Waals surface area contributed by atoms with Crippen LogP contribution in [0.1, 0.15) is 34.7 Å². The fourth-order valence-electron chi connectivity index (χ4n) is 3.24. The molecular formula is C23H31N3O2. The fourth-order valence-corrected chi connectivity index (χ4v) is 3.24. The minimum absolute atomic E-state index is 0.128. The lowest BCUT2D eigenvalue weighted by Gasteiger charge is -2.24. The molecule has 0 radical (unpaired) electrons. The molecular weight excluding hydrogens is 350 g/mol. The van der Waals surface area contributed by atoms with Crippen molar-refractivity contribution in [1.82, 2.24) is 4.90 Å². The zero-order valence-electron chi connectivity index (χ0n) is 17.9. The largest absolute Gasteiger partial charge is 0.325 e. The molecule has 0 aliphatic heterocycles. The molecule has 0 spiro atoms. The lowest BCUT2D eigenvalue weighted by molar-refractivity contribution is -0.122. The summed E-state index contributed by atoms with van der Waals surface area (Å²) in [6, 6.07) is 9.48. The van der Waals surface area contributed by atoms with E-state index in [2.05, 4.69) is 22.8 Å². The van der Waals surface area contributed by atoms with Crippen LogP contribution in [0.3, 0.4) is 0 Å². The van der Waals surface area contributed by atoms with E-state index in [0.29, 0.717) is 0 Å². The molecule has 28 heavy (non-hydrogen) atoms. The van der Waals surface area contributed by atoms with E-state index >= 15 is 0 Å². The minimum atomic E-state index is -0.440. The molecule has 2 aromatic carbocycles. The Morgan fingerprint density at radius 2 is 1.57 bits per heavy atom. The van der Waals surface area contributed by atoms with Crippen molar-refractivity contribution >= 4 is 23.2 Å². The summed E-state index contributed by atoms with van der Waals surface area (Å²) in [6.07, 6.45) is 0. The van der Waals surface area contributed by atoms with Gasteiger partial charge in [-0.05, 0) is 76.9 Å². The molecule has 0 heterocycles. The Kier molecular flexibility index (Phi) is 6.97. The number of nitrogens with one attached hydrogen (secondary N) is 2. The normalized spacial score (nSPS) is 12.0. The lowest BCUT2D eigenvalue weighted by atomic mass is 10.0. The topological polar surface area (TPSA) is 61.4 Å². The van der Waals surface area contributed by atoms with Crippen LogP contribution in [0.25, 0.3) is 0 Å². The molecule has 0 aliphatic carbocycles. The Morgan fingerprint density at radius 3 is 2.18 bits per heavy atom. The number of aryl methyl sites for hydroxylation is 4. The molecule has 0 unspecified atom stereocenters. The summed E-state index contributed by atoms with van der Waals surface area (Å²) in [5, 5.41) is 5.95. The Hall–Kier alpha value is -2.66. The molecule has 0 bridgehead atoms. The first kappa shape index (κ1) is 21.6. The van der Waals surface area contributed by atoms with Gasteiger partial charge in [0.15, 0.2) is 0 Å². The van der Waals surface area contributed by atoms with Crippen molar-refractivity contribution in [3.8, 4) is 0 Å². The van der Waals surface area contributed by atoms with E-state index in [0.717, 1.165) is 33.6 Å². The van der Waals surface area contributed by atoms with Crippen LogP contribution in [-0.2, 0) is 9.59 Å². The van der Waals surface area contributed by atoms with Gasteiger partial charge < -0.3 is 10.6 Å². The average Bonchev–Trinajstić information content (AvgIpc) is 2.61.